The van der Waals surface area contributed by atoms with Gasteiger partial charge in [0, 0.05) is 19.6 Å². The summed E-state index contributed by atoms with van der Waals surface area (Å²) in [5.74, 6) is -0.553. The second-order valence-electron chi connectivity index (χ2n) is 7.05. The number of morpholine rings is 1. The molecular formula is C17H23FN2O4S. The van der Waals surface area contributed by atoms with E-state index in [1.54, 1.807) is 0 Å². The SMILES string of the molecule is CC(C)CNC(=O)[C@@H]1C[C@H]2CN(S(=O)(=O)c3ccc(F)cc3)C[C@H]1O2. The molecular weight excluding hydrogens is 347 g/mol. The number of hydrogen-bond donors (Lipinski definition) is 1. The van der Waals surface area contributed by atoms with Gasteiger partial charge >= 0.3 is 0 Å². The number of fused-ring (bicyclic) bond motifs is 2. The van der Waals surface area contributed by atoms with E-state index < -0.39 is 21.9 Å². The maximum absolute atomic E-state index is 13.0. The van der Waals surface area contributed by atoms with Gasteiger partial charge in [-0.05, 0) is 36.6 Å². The average molecular weight is 370 g/mol. The summed E-state index contributed by atoms with van der Waals surface area (Å²) in [5.41, 5.74) is 0. The van der Waals surface area contributed by atoms with Gasteiger partial charge in [0.15, 0.2) is 0 Å². The maximum atomic E-state index is 13.0. The van der Waals surface area contributed by atoms with Gasteiger partial charge in [0.1, 0.15) is 5.82 Å². The molecule has 1 N–H and O–H groups in total. The van der Waals surface area contributed by atoms with Crippen molar-refractivity contribution >= 4 is 15.9 Å². The summed E-state index contributed by atoms with van der Waals surface area (Å²) in [5, 5.41) is 2.90. The van der Waals surface area contributed by atoms with E-state index in [-0.39, 0.29) is 35.9 Å². The van der Waals surface area contributed by atoms with Crippen LogP contribution >= 0.6 is 0 Å². The highest BCUT2D eigenvalue weighted by Crippen LogP contribution is 2.34. The van der Waals surface area contributed by atoms with E-state index in [9.17, 15) is 17.6 Å². The van der Waals surface area contributed by atoms with Crippen LogP contribution in [-0.4, -0.2) is 50.5 Å². The highest BCUT2D eigenvalue weighted by molar-refractivity contribution is 7.89. The summed E-state index contributed by atoms with van der Waals surface area (Å²) in [4.78, 5) is 12.4. The molecule has 0 aromatic heterocycles. The first-order valence-corrected chi connectivity index (χ1v) is 9.90. The number of halogens is 1. The second-order valence-corrected chi connectivity index (χ2v) is 8.99. The van der Waals surface area contributed by atoms with Crippen LogP contribution in [0.2, 0.25) is 0 Å². The highest BCUT2D eigenvalue weighted by atomic mass is 32.2. The maximum Gasteiger partial charge on any atom is 0.243 e. The number of benzene rings is 1. The number of nitrogens with zero attached hydrogens (tertiary/aromatic N) is 1. The molecule has 0 saturated carbocycles. The van der Waals surface area contributed by atoms with Gasteiger partial charge in [-0.15, -0.1) is 0 Å². The summed E-state index contributed by atoms with van der Waals surface area (Å²) in [6, 6.07) is 4.78. The van der Waals surface area contributed by atoms with Gasteiger partial charge in [-0.2, -0.15) is 4.31 Å². The van der Waals surface area contributed by atoms with Crippen molar-refractivity contribution < 1.29 is 22.3 Å². The molecule has 1 aromatic rings. The molecule has 2 aliphatic heterocycles. The summed E-state index contributed by atoms with van der Waals surface area (Å²) < 4.78 is 45.7. The Morgan fingerprint density at radius 3 is 2.64 bits per heavy atom. The van der Waals surface area contributed by atoms with E-state index in [1.807, 2.05) is 13.8 Å². The number of carbonyl (C=O) groups is 1. The zero-order valence-corrected chi connectivity index (χ0v) is 15.1. The van der Waals surface area contributed by atoms with E-state index in [4.69, 9.17) is 4.74 Å². The lowest BCUT2D eigenvalue weighted by molar-refractivity contribution is -0.127. The van der Waals surface area contributed by atoms with Crippen molar-refractivity contribution in [3.8, 4) is 0 Å². The average Bonchev–Trinajstić information content (AvgIpc) is 2.86. The zero-order chi connectivity index (χ0) is 18.2. The lowest BCUT2D eigenvalue weighted by Gasteiger charge is -2.32. The molecule has 3 atom stereocenters. The van der Waals surface area contributed by atoms with Gasteiger partial charge in [0.05, 0.1) is 23.0 Å². The van der Waals surface area contributed by atoms with Crippen LogP contribution in [0.4, 0.5) is 4.39 Å². The van der Waals surface area contributed by atoms with Crippen LogP contribution in [-0.2, 0) is 19.6 Å². The number of nitrogens with one attached hydrogen (secondary N) is 1. The largest absolute Gasteiger partial charge is 0.371 e. The molecule has 0 aliphatic carbocycles. The Labute approximate surface area is 147 Å². The lowest BCUT2D eigenvalue weighted by Crippen LogP contribution is -2.48. The Balaban J connectivity index is 1.71. The van der Waals surface area contributed by atoms with Crippen LogP contribution in [0.1, 0.15) is 20.3 Å². The smallest absolute Gasteiger partial charge is 0.243 e. The van der Waals surface area contributed by atoms with Crippen LogP contribution in [0.15, 0.2) is 29.2 Å². The molecule has 25 heavy (non-hydrogen) atoms. The van der Waals surface area contributed by atoms with Gasteiger partial charge < -0.3 is 10.1 Å². The Kier molecular flexibility index (Phi) is 5.13. The predicted octanol–water partition coefficient (Wildman–Crippen LogP) is 1.38. The molecule has 1 amide bonds. The van der Waals surface area contributed by atoms with Crippen molar-refractivity contribution in [2.75, 3.05) is 19.6 Å². The predicted molar refractivity (Wildman–Crippen MR) is 89.8 cm³/mol. The van der Waals surface area contributed by atoms with Gasteiger partial charge in [-0.25, -0.2) is 12.8 Å². The number of hydrogen-bond acceptors (Lipinski definition) is 4. The van der Waals surface area contributed by atoms with Crippen molar-refractivity contribution in [3.05, 3.63) is 30.1 Å². The molecule has 6 nitrogen and oxygen atoms in total. The third-order valence-electron chi connectivity index (χ3n) is 4.60. The van der Waals surface area contributed by atoms with Gasteiger partial charge in [-0.3, -0.25) is 4.79 Å². The first-order chi connectivity index (χ1) is 11.8. The Morgan fingerprint density at radius 1 is 1.32 bits per heavy atom. The van der Waals surface area contributed by atoms with Crippen LogP contribution in [0, 0.1) is 17.7 Å². The van der Waals surface area contributed by atoms with Crippen molar-refractivity contribution in [2.24, 2.45) is 11.8 Å². The molecule has 2 fully saturated rings. The van der Waals surface area contributed by atoms with Crippen LogP contribution in [0.5, 0.6) is 0 Å². The Bertz CT molecular complexity index is 736. The van der Waals surface area contributed by atoms with Gasteiger partial charge in [0.25, 0.3) is 0 Å². The first kappa shape index (κ1) is 18.3. The van der Waals surface area contributed by atoms with Crippen molar-refractivity contribution in [1.29, 1.82) is 0 Å². The topological polar surface area (TPSA) is 75.7 Å². The molecule has 0 unspecified atom stereocenters. The quantitative estimate of drug-likeness (QED) is 0.850. The third-order valence-corrected chi connectivity index (χ3v) is 6.44. The van der Waals surface area contributed by atoms with E-state index in [2.05, 4.69) is 5.32 Å². The third kappa shape index (κ3) is 3.86. The molecule has 8 heteroatoms. The standard InChI is InChI=1S/C17H23FN2O4S/c1-11(2)8-19-17(21)15-7-13-9-20(10-16(15)24-13)25(22,23)14-5-3-12(18)4-6-14/h3-6,11,13,15-16H,7-10H2,1-2H3,(H,19,21)/t13-,15+,16+/m0/s1. The van der Waals surface area contributed by atoms with Gasteiger partial charge in [-0.1, -0.05) is 13.8 Å². The second kappa shape index (κ2) is 7.01. The summed E-state index contributed by atoms with van der Waals surface area (Å²) in [6.07, 6.45) is -0.214. The number of sulfonamides is 1. The molecule has 2 saturated heterocycles. The minimum Gasteiger partial charge on any atom is -0.371 e. The summed E-state index contributed by atoms with van der Waals surface area (Å²) in [7, 11) is -3.72. The molecule has 138 valence electrons. The highest BCUT2D eigenvalue weighted by Gasteiger charge is 2.47. The number of ether oxygens (including phenoxy) is 1. The molecule has 0 radical (unpaired) electrons. The summed E-state index contributed by atoms with van der Waals surface area (Å²) in [6.45, 7) is 4.96. The van der Waals surface area contributed by atoms with Gasteiger partial charge in [0.2, 0.25) is 15.9 Å². The minimum atomic E-state index is -3.72. The molecule has 2 aliphatic rings. The Morgan fingerprint density at radius 2 is 2.00 bits per heavy atom. The first-order valence-electron chi connectivity index (χ1n) is 8.46. The molecule has 2 bridgehead atoms. The molecule has 3 rings (SSSR count). The van der Waals surface area contributed by atoms with E-state index in [0.717, 1.165) is 12.1 Å². The molecule has 2 heterocycles. The normalized spacial score (nSPS) is 26.8. The van der Waals surface area contributed by atoms with Crippen LogP contribution < -0.4 is 5.32 Å². The molecule has 0 spiro atoms. The van der Waals surface area contributed by atoms with Crippen molar-refractivity contribution in [3.63, 3.8) is 0 Å². The zero-order valence-electron chi connectivity index (χ0n) is 14.3. The number of carbonyl (C=O) groups excluding carboxylic acids is 1. The number of rotatable bonds is 5. The summed E-state index contributed by atoms with van der Waals surface area (Å²) >= 11 is 0. The van der Waals surface area contributed by atoms with Crippen molar-refractivity contribution in [1.82, 2.24) is 9.62 Å². The fraction of sp³-hybridized carbons (Fsp3) is 0.588. The van der Waals surface area contributed by atoms with E-state index in [0.29, 0.717) is 18.9 Å². The fourth-order valence-corrected chi connectivity index (χ4v) is 4.77. The van der Waals surface area contributed by atoms with E-state index >= 15 is 0 Å². The molecule has 1 aromatic carbocycles. The van der Waals surface area contributed by atoms with Crippen LogP contribution in [0.25, 0.3) is 0 Å². The van der Waals surface area contributed by atoms with E-state index in [1.165, 1.54) is 16.4 Å². The minimum absolute atomic E-state index is 0.0519. The van der Waals surface area contributed by atoms with Crippen LogP contribution in [0.3, 0.4) is 0 Å². The number of amides is 1. The monoisotopic (exact) mass is 370 g/mol. The lowest BCUT2D eigenvalue weighted by atomic mass is 9.99. The Hall–Kier alpha value is -1.51. The van der Waals surface area contributed by atoms with Crippen molar-refractivity contribution in [2.45, 2.75) is 37.4 Å². The fourth-order valence-electron chi connectivity index (χ4n) is 3.29.